The highest BCUT2D eigenvalue weighted by molar-refractivity contribution is 6.58. The molecule has 2 rings (SSSR count). The fourth-order valence-corrected chi connectivity index (χ4v) is 2.57. The third-order valence-electron chi connectivity index (χ3n) is 2.84. The number of fused-ring (bicyclic) bond motifs is 1. The van der Waals surface area contributed by atoms with Gasteiger partial charge in [-0.05, 0) is 25.3 Å². The van der Waals surface area contributed by atoms with Crippen molar-refractivity contribution in [2.24, 2.45) is 5.92 Å². The van der Waals surface area contributed by atoms with Gasteiger partial charge in [0.25, 0.3) is 0 Å². The summed E-state index contributed by atoms with van der Waals surface area (Å²) in [5.41, 5.74) is 0. The molecule has 1 fully saturated rings. The highest BCUT2D eigenvalue weighted by Gasteiger charge is 2.54. The maximum atomic E-state index is 11.4. The third kappa shape index (κ3) is 1.66. The first-order valence-electron chi connectivity index (χ1n) is 4.88. The van der Waals surface area contributed by atoms with Gasteiger partial charge >= 0.3 is 5.97 Å². The Labute approximate surface area is 93.2 Å². The first-order chi connectivity index (χ1) is 6.62. The predicted molar refractivity (Wildman–Crippen MR) is 55.4 cm³/mol. The maximum absolute atomic E-state index is 11.4. The molecule has 0 radical (unpaired) electrons. The Morgan fingerprint density at radius 2 is 2.21 bits per heavy atom. The van der Waals surface area contributed by atoms with Crippen molar-refractivity contribution in [2.45, 2.75) is 36.1 Å². The molecule has 2 aliphatic rings. The van der Waals surface area contributed by atoms with Crippen LogP contribution in [-0.2, 0) is 9.53 Å². The number of esters is 1. The summed E-state index contributed by atoms with van der Waals surface area (Å²) in [5, 5.41) is 0. The van der Waals surface area contributed by atoms with Crippen molar-refractivity contribution in [1.82, 2.24) is 0 Å². The van der Waals surface area contributed by atoms with Crippen LogP contribution in [0.5, 0.6) is 0 Å². The molecule has 2 unspecified atom stereocenters. The zero-order valence-corrected chi connectivity index (χ0v) is 9.22. The van der Waals surface area contributed by atoms with Crippen LogP contribution in [-0.4, -0.2) is 16.4 Å². The lowest BCUT2D eigenvalue weighted by atomic mass is 9.91. The van der Waals surface area contributed by atoms with Crippen LogP contribution in [0, 0.1) is 5.92 Å². The second-order valence-electron chi connectivity index (χ2n) is 3.81. The standard InChI is InChI=1S/C10H12Cl2O2/c11-10(12)7-5-3-1-2-4-6-8(7)14-9(10)13/h4,6-8H,1-3,5H2/b6-4-. The summed E-state index contributed by atoms with van der Waals surface area (Å²) in [4.78, 5) is 11.4. The van der Waals surface area contributed by atoms with E-state index in [9.17, 15) is 4.79 Å². The topological polar surface area (TPSA) is 26.3 Å². The second kappa shape index (κ2) is 3.74. The van der Waals surface area contributed by atoms with E-state index in [0.29, 0.717) is 0 Å². The molecule has 1 aliphatic heterocycles. The number of halogens is 2. The van der Waals surface area contributed by atoms with Gasteiger partial charge < -0.3 is 4.74 Å². The molecule has 0 aromatic heterocycles. The zero-order chi connectivity index (χ0) is 10.2. The molecule has 4 heteroatoms. The Balaban J connectivity index is 2.24. The lowest BCUT2D eigenvalue weighted by Crippen LogP contribution is -2.30. The van der Waals surface area contributed by atoms with Gasteiger partial charge in [0.05, 0.1) is 0 Å². The molecule has 1 heterocycles. The van der Waals surface area contributed by atoms with E-state index in [1.54, 1.807) is 0 Å². The number of hydrogen-bond acceptors (Lipinski definition) is 2. The number of hydrogen-bond donors (Lipinski definition) is 0. The van der Waals surface area contributed by atoms with E-state index in [2.05, 4.69) is 0 Å². The average molecular weight is 235 g/mol. The molecule has 14 heavy (non-hydrogen) atoms. The van der Waals surface area contributed by atoms with Gasteiger partial charge in [-0.1, -0.05) is 35.7 Å². The van der Waals surface area contributed by atoms with Crippen molar-refractivity contribution in [1.29, 1.82) is 0 Å². The fraction of sp³-hybridized carbons (Fsp3) is 0.700. The zero-order valence-electron chi connectivity index (χ0n) is 7.71. The maximum Gasteiger partial charge on any atom is 0.343 e. The summed E-state index contributed by atoms with van der Waals surface area (Å²) in [6, 6.07) is 0. The van der Waals surface area contributed by atoms with Crippen molar-refractivity contribution >= 4 is 29.2 Å². The molecule has 0 amide bonds. The molecule has 0 spiro atoms. The highest BCUT2D eigenvalue weighted by atomic mass is 35.5. The van der Waals surface area contributed by atoms with Crippen LogP contribution in [0.15, 0.2) is 12.2 Å². The molecule has 78 valence electrons. The summed E-state index contributed by atoms with van der Waals surface area (Å²) >= 11 is 11.9. The number of carbonyl (C=O) groups is 1. The van der Waals surface area contributed by atoms with Crippen molar-refractivity contribution in [3.63, 3.8) is 0 Å². The van der Waals surface area contributed by atoms with Crippen molar-refractivity contribution in [2.75, 3.05) is 0 Å². The van der Waals surface area contributed by atoms with E-state index in [4.69, 9.17) is 27.9 Å². The van der Waals surface area contributed by atoms with Crippen LogP contribution in [0.2, 0.25) is 0 Å². The molecular formula is C10H12Cl2O2. The summed E-state index contributed by atoms with van der Waals surface area (Å²) in [5.74, 6) is -0.586. The minimum Gasteiger partial charge on any atom is -0.455 e. The van der Waals surface area contributed by atoms with Crippen LogP contribution < -0.4 is 0 Å². The van der Waals surface area contributed by atoms with E-state index < -0.39 is 10.3 Å². The van der Waals surface area contributed by atoms with E-state index in [1.165, 1.54) is 0 Å². The number of alkyl halides is 2. The van der Waals surface area contributed by atoms with Crippen LogP contribution in [0.25, 0.3) is 0 Å². The fourth-order valence-electron chi connectivity index (χ4n) is 2.02. The van der Waals surface area contributed by atoms with Gasteiger partial charge in [0.15, 0.2) is 0 Å². The molecule has 2 atom stereocenters. The van der Waals surface area contributed by atoms with Crippen molar-refractivity contribution in [3.05, 3.63) is 12.2 Å². The SMILES string of the molecule is O=C1OC2/C=C\CCCCC2C1(Cl)Cl. The van der Waals surface area contributed by atoms with Gasteiger partial charge in [0.2, 0.25) is 4.33 Å². The minimum absolute atomic E-state index is 0.0881. The van der Waals surface area contributed by atoms with Gasteiger partial charge in [-0.15, -0.1) is 0 Å². The van der Waals surface area contributed by atoms with E-state index >= 15 is 0 Å². The third-order valence-corrected chi connectivity index (χ3v) is 3.71. The monoisotopic (exact) mass is 234 g/mol. The lowest BCUT2D eigenvalue weighted by molar-refractivity contribution is -0.140. The second-order valence-corrected chi connectivity index (χ2v) is 5.20. The number of ether oxygens (including phenoxy) is 1. The Kier molecular flexibility index (Phi) is 2.76. The molecule has 1 saturated heterocycles. The normalized spacial score (nSPS) is 38.0. The number of carbonyl (C=O) groups excluding carboxylic acids is 1. The Morgan fingerprint density at radius 3 is 3.00 bits per heavy atom. The molecule has 0 aromatic carbocycles. The van der Waals surface area contributed by atoms with Crippen molar-refractivity contribution in [3.8, 4) is 0 Å². The summed E-state index contributed by atoms with van der Waals surface area (Å²) in [6.45, 7) is 0. The first kappa shape index (κ1) is 10.3. The molecule has 0 bridgehead atoms. The summed E-state index contributed by atoms with van der Waals surface area (Å²) in [7, 11) is 0. The van der Waals surface area contributed by atoms with E-state index in [1.807, 2.05) is 12.2 Å². The highest BCUT2D eigenvalue weighted by Crippen LogP contribution is 2.45. The average Bonchev–Trinajstić information content (AvgIpc) is 2.26. The van der Waals surface area contributed by atoms with E-state index in [-0.39, 0.29) is 12.0 Å². The minimum atomic E-state index is -1.34. The molecule has 1 aliphatic carbocycles. The van der Waals surface area contributed by atoms with Crippen LogP contribution in [0.1, 0.15) is 25.7 Å². The molecule has 2 nitrogen and oxygen atoms in total. The molecule has 0 aromatic rings. The van der Waals surface area contributed by atoms with Gasteiger partial charge in [0.1, 0.15) is 6.10 Å². The summed E-state index contributed by atoms with van der Waals surface area (Å²) in [6.07, 6.45) is 7.79. The van der Waals surface area contributed by atoms with Crippen LogP contribution in [0.3, 0.4) is 0 Å². The molecular weight excluding hydrogens is 223 g/mol. The first-order valence-corrected chi connectivity index (χ1v) is 5.63. The predicted octanol–water partition coefficient (Wildman–Crippen LogP) is 2.83. The van der Waals surface area contributed by atoms with Crippen LogP contribution >= 0.6 is 23.2 Å². The Bertz CT molecular complexity index is 273. The summed E-state index contributed by atoms with van der Waals surface area (Å²) < 4.78 is 3.79. The number of allylic oxidation sites excluding steroid dienone is 1. The van der Waals surface area contributed by atoms with E-state index in [0.717, 1.165) is 25.7 Å². The van der Waals surface area contributed by atoms with Crippen molar-refractivity contribution < 1.29 is 9.53 Å². The van der Waals surface area contributed by atoms with Gasteiger partial charge in [-0.3, -0.25) is 0 Å². The quantitative estimate of drug-likeness (QED) is 0.366. The molecule has 0 N–H and O–H groups in total. The Hall–Kier alpha value is -0.210. The smallest absolute Gasteiger partial charge is 0.343 e. The largest absolute Gasteiger partial charge is 0.455 e. The lowest BCUT2D eigenvalue weighted by Gasteiger charge is -2.21. The molecule has 0 saturated carbocycles. The van der Waals surface area contributed by atoms with Crippen LogP contribution in [0.4, 0.5) is 0 Å². The Morgan fingerprint density at radius 1 is 1.43 bits per heavy atom. The van der Waals surface area contributed by atoms with Gasteiger partial charge in [0, 0.05) is 5.92 Å². The van der Waals surface area contributed by atoms with Gasteiger partial charge in [-0.2, -0.15) is 0 Å². The van der Waals surface area contributed by atoms with Gasteiger partial charge in [-0.25, -0.2) is 4.79 Å². The number of rotatable bonds is 0.